The van der Waals surface area contributed by atoms with Crippen molar-refractivity contribution in [3.8, 4) is 39.4 Å². The van der Waals surface area contributed by atoms with Gasteiger partial charge in [-0.1, -0.05) is 214 Å². The number of phenolic OH excluding ortho intramolecular Hbond substituents is 2. The Hall–Kier alpha value is -7.06. The zero-order chi connectivity index (χ0) is 48.4. The molecule has 9 aromatic rings. The summed E-state index contributed by atoms with van der Waals surface area (Å²) in [6.07, 6.45) is 14.1. The zero-order valence-corrected chi connectivity index (χ0v) is 41.3. The molecule has 3 N–H and O–H groups in total. The summed E-state index contributed by atoms with van der Waals surface area (Å²) >= 11 is 0. The lowest BCUT2D eigenvalue weighted by Crippen LogP contribution is -2.23. The SMILES string of the molecule is CC(C)(c1ccccc1)c1cc(-c2ccccc2-c2cccc3n[nH]nc23)cc(C(C)(C)c2ccccc2O)c1.CCCCCCCCCCCCc1cc(C)cc(-n2nc3ccccc3n2)c1O. The van der Waals surface area contributed by atoms with Crippen LogP contribution in [0.15, 0.2) is 152 Å². The number of hydrogen-bond donors (Lipinski definition) is 3. The van der Waals surface area contributed by atoms with Crippen LogP contribution in [0.3, 0.4) is 0 Å². The first-order valence-corrected chi connectivity index (χ1v) is 25.0. The third kappa shape index (κ3) is 11.1. The van der Waals surface area contributed by atoms with Crippen molar-refractivity contribution in [1.82, 2.24) is 30.4 Å². The van der Waals surface area contributed by atoms with Crippen LogP contribution in [-0.2, 0) is 17.3 Å². The smallest absolute Gasteiger partial charge is 0.146 e. The second kappa shape index (κ2) is 21.9. The number of aromatic amines is 1. The Balaban J connectivity index is 0.000000196. The summed E-state index contributed by atoms with van der Waals surface area (Å²) in [4.78, 5) is 1.56. The number of fused-ring (bicyclic) bond motifs is 2. The number of benzene rings is 7. The number of hydrogen-bond acceptors (Lipinski definition) is 6. The van der Waals surface area contributed by atoms with E-state index in [9.17, 15) is 10.2 Å². The zero-order valence-electron chi connectivity index (χ0n) is 41.3. The summed E-state index contributed by atoms with van der Waals surface area (Å²) in [7, 11) is 0. The fourth-order valence-electron chi connectivity index (χ4n) is 9.69. The van der Waals surface area contributed by atoms with Gasteiger partial charge in [0.25, 0.3) is 0 Å². The molecular weight excluding hydrogens is 849 g/mol. The molecule has 0 saturated carbocycles. The van der Waals surface area contributed by atoms with E-state index in [0.29, 0.717) is 17.2 Å². The predicted molar refractivity (Wildman–Crippen MR) is 284 cm³/mol. The molecule has 2 aromatic heterocycles. The van der Waals surface area contributed by atoms with Gasteiger partial charge < -0.3 is 10.2 Å². The van der Waals surface area contributed by atoms with Gasteiger partial charge in [0, 0.05) is 22.0 Å². The summed E-state index contributed by atoms with van der Waals surface area (Å²) in [5, 5.41) is 42.3. The van der Waals surface area contributed by atoms with Crippen molar-refractivity contribution in [1.29, 1.82) is 0 Å². The number of aromatic hydroxyl groups is 2. The molecule has 2 heterocycles. The number of H-pyrrole nitrogens is 1. The minimum absolute atomic E-state index is 0.248. The first-order chi connectivity index (χ1) is 33.4. The van der Waals surface area contributed by atoms with E-state index in [1.54, 1.807) is 10.9 Å². The molecule has 0 amide bonds. The predicted octanol–water partition coefficient (Wildman–Crippen LogP) is 15.5. The molecule has 0 unspecified atom stereocenters. The Kier molecular flexibility index (Phi) is 15.4. The quantitative estimate of drug-likeness (QED) is 0.0739. The van der Waals surface area contributed by atoms with E-state index in [4.69, 9.17) is 0 Å². The van der Waals surface area contributed by atoms with E-state index in [2.05, 4.69) is 152 Å². The topological polar surface area (TPSA) is 113 Å². The molecule has 0 aliphatic rings. The molecular formula is C61H68N6O2. The second-order valence-electron chi connectivity index (χ2n) is 19.7. The van der Waals surface area contributed by atoms with Gasteiger partial charge in [0.1, 0.15) is 39.3 Å². The first kappa shape index (κ1) is 48.4. The van der Waals surface area contributed by atoms with Gasteiger partial charge in [-0.2, -0.15) is 15.4 Å². The van der Waals surface area contributed by atoms with Gasteiger partial charge in [0.2, 0.25) is 0 Å². The molecule has 0 spiro atoms. The van der Waals surface area contributed by atoms with Crippen molar-refractivity contribution < 1.29 is 10.2 Å². The third-order valence-corrected chi connectivity index (χ3v) is 13.9. The Labute approximate surface area is 408 Å². The molecule has 8 nitrogen and oxygen atoms in total. The third-order valence-electron chi connectivity index (χ3n) is 13.9. The lowest BCUT2D eigenvalue weighted by Gasteiger charge is -2.32. The summed E-state index contributed by atoms with van der Waals surface area (Å²) in [5.74, 6) is 0.617. The molecule has 0 fully saturated rings. The summed E-state index contributed by atoms with van der Waals surface area (Å²) < 4.78 is 0. The number of aryl methyl sites for hydroxylation is 2. The molecule has 0 radical (unpaired) electrons. The lowest BCUT2D eigenvalue weighted by molar-refractivity contribution is 0.453. The van der Waals surface area contributed by atoms with Crippen LogP contribution in [0.1, 0.15) is 132 Å². The van der Waals surface area contributed by atoms with Crippen LogP contribution in [0, 0.1) is 6.92 Å². The van der Waals surface area contributed by atoms with Gasteiger partial charge in [-0.3, -0.25) is 0 Å². The number of para-hydroxylation sites is 2. The Morgan fingerprint density at radius 3 is 1.75 bits per heavy atom. The number of phenols is 2. The summed E-state index contributed by atoms with van der Waals surface area (Å²) in [6, 6.07) is 51.6. The number of nitrogens with zero attached hydrogens (tertiary/aromatic N) is 5. The van der Waals surface area contributed by atoms with Crippen LogP contribution < -0.4 is 0 Å². The van der Waals surface area contributed by atoms with Crippen LogP contribution in [-0.4, -0.2) is 40.6 Å². The summed E-state index contributed by atoms with van der Waals surface area (Å²) in [6.45, 7) is 13.3. The van der Waals surface area contributed by atoms with E-state index in [1.807, 2.05) is 60.7 Å². The molecule has 0 saturated heterocycles. The van der Waals surface area contributed by atoms with Gasteiger partial charge in [-0.25, -0.2) is 0 Å². The minimum Gasteiger partial charge on any atom is -0.508 e. The fourth-order valence-corrected chi connectivity index (χ4v) is 9.69. The maximum Gasteiger partial charge on any atom is 0.146 e. The molecule has 69 heavy (non-hydrogen) atoms. The van der Waals surface area contributed by atoms with E-state index in [1.165, 1.54) is 68.9 Å². The molecule has 0 aliphatic carbocycles. The maximum atomic E-state index is 10.9. The van der Waals surface area contributed by atoms with Crippen molar-refractivity contribution in [2.75, 3.05) is 0 Å². The Morgan fingerprint density at radius 1 is 0.507 bits per heavy atom. The van der Waals surface area contributed by atoms with Crippen LogP contribution in [0.5, 0.6) is 11.5 Å². The molecule has 0 aliphatic heterocycles. The van der Waals surface area contributed by atoms with E-state index in [0.717, 1.165) is 79.4 Å². The number of rotatable bonds is 18. The van der Waals surface area contributed by atoms with Crippen molar-refractivity contribution in [2.45, 2.75) is 123 Å². The monoisotopic (exact) mass is 917 g/mol. The molecule has 0 atom stereocenters. The van der Waals surface area contributed by atoms with Gasteiger partial charge in [-0.15, -0.1) is 15.0 Å². The largest absolute Gasteiger partial charge is 0.508 e. The van der Waals surface area contributed by atoms with Crippen LogP contribution in [0.2, 0.25) is 0 Å². The molecule has 8 heteroatoms. The number of aromatic nitrogens is 6. The second-order valence-corrected chi connectivity index (χ2v) is 19.7. The van der Waals surface area contributed by atoms with Crippen molar-refractivity contribution >= 4 is 22.1 Å². The number of unbranched alkanes of at least 4 members (excludes halogenated alkanes) is 9. The van der Waals surface area contributed by atoms with Gasteiger partial charge in [0.15, 0.2) is 0 Å². The average molecular weight is 917 g/mol. The number of nitrogens with one attached hydrogen (secondary N) is 1. The van der Waals surface area contributed by atoms with Crippen LogP contribution >= 0.6 is 0 Å². The van der Waals surface area contributed by atoms with Gasteiger partial charge in [-0.05, 0) is 94.6 Å². The Bertz CT molecular complexity index is 3080. The van der Waals surface area contributed by atoms with Crippen molar-refractivity contribution in [3.63, 3.8) is 0 Å². The molecule has 7 aromatic carbocycles. The minimum atomic E-state index is -0.441. The van der Waals surface area contributed by atoms with E-state index < -0.39 is 5.41 Å². The normalized spacial score (nSPS) is 11.8. The van der Waals surface area contributed by atoms with Gasteiger partial charge in [0.05, 0.1) is 0 Å². The highest BCUT2D eigenvalue weighted by molar-refractivity contribution is 5.96. The first-order valence-electron chi connectivity index (χ1n) is 25.0. The fraction of sp³-hybridized carbons (Fsp3) is 0.311. The summed E-state index contributed by atoms with van der Waals surface area (Å²) in [5.41, 5.74) is 14.4. The van der Waals surface area contributed by atoms with Crippen LogP contribution in [0.4, 0.5) is 0 Å². The van der Waals surface area contributed by atoms with E-state index >= 15 is 0 Å². The van der Waals surface area contributed by atoms with Crippen molar-refractivity contribution in [3.05, 3.63) is 185 Å². The Morgan fingerprint density at radius 2 is 1.07 bits per heavy atom. The average Bonchev–Trinajstić information content (AvgIpc) is 4.04. The molecule has 354 valence electrons. The standard InChI is InChI=1S/C36H33N3O.C25H35N3O/c1-35(2,25-13-6-5-7-14-25)26-21-24(22-27(23-26)36(3,4)31-18-10-11-20-33(31)40)28-15-8-9-16-29(28)30-17-12-19-32-34(30)38-39-37-32;1-3-4-5-6-7-8-9-10-11-12-15-21-18-20(2)19-24(25(21)29)28-26-22-16-13-14-17-23(22)27-28/h5-23,40H,1-4H3,(H,37,38,39);13-14,16-19,29H,3-12,15H2,1-2H3. The van der Waals surface area contributed by atoms with Crippen LogP contribution in [0.25, 0.3) is 50.0 Å². The highest BCUT2D eigenvalue weighted by Crippen LogP contribution is 2.44. The highest BCUT2D eigenvalue weighted by Gasteiger charge is 2.31. The van der Waals surface area contributed by atoms with E-state index in [-0.39, 0.29) is 5.41 Å². The maximum absolute atomic E-state index is 10.9. The molecule has 0 bridgehead atoms. The highest BCUT2D eigenvalue weighted by atomic mass is 16.3. The lowest BCUT2D eigenvalue weighted by atomic mass is 9.72. The van der Waals surface area contributed by atoms with Crippen molar-refractivity contribution in [2.24, 2.45) is 0 Å². The van der Waals surface area contributed by atoms with Gasteiger partial charge >= 0.3 is 0 Å². The molecule has 9 rings (SSSR count).